The predicted molar refractivity (Wildman–Crippen MR) is 123 cm³/mol. The van der Waals surface area contributed by atoms with Crippen molar-refractivity contribution in [3.8, 4) is 34.0 Å². The highest BCUT2D eigenvalue weighted by Crippen LogP contribution is 2.33. The zero-order valence-electron chi connectivity index (χ0n) is 17.5. The summed E-state index contributed by atoms with van der Waals surface area (Å²) < 4.78 is 7.33. The molecule has 0 aliphatic heterocycles. The molecule has 8 heteroatoms. The van der Waals surface area contributed by atoms with Crippen LogP contribution in [0.4, 0.5) is 0 Å². The molecule has 8 nitrogen and oxygen atoms in total. The van der Waals surface area contributed by atoms with Crippen molar-refractivity contribution >= 4 is 21.9 Å². The van der Waals surface area contributed by atoms with Gasteiger partial charge in [-0.25, -0.2) is 9.97 Å². The Morgan fingerprint density at radius 1 is 0.969 bits per heavy atom. The molecule has 1 aromatic carbocycles. The van der Waals surface area contributed by atoms with Crippen LogP contribution in [-0.2, 0) is 0 Å². The van der Waals surface area contributed by atoms with Gasteiger partial charge < -0.3 is 14.3 Å². The van der Waals surface area contributed by atoms with E-state index in [1.807, 2.05) is 54.5 Å². The summed E-state index contributed by atoms with van der Waals surface area (Å²) in [7, 11) is 1.64. The number of nitrogens with zero attached hydrogens (tertiary/aromatic N) is 5. The van der Waals surface area contributed by atoms with Gasteiger partial charge in [0.1, 0.15) is 17.1 Å². The maximum atomic E-state index is 5.33. The number of hydrogen-bond acceptors (Lipinski definition) is 5. The van der Waals surface area contributed by atoms with Gasteiger partial charge in [-0.3, -0.25) is 10.1 Å². The second-order valence-electron chi connectivity index (χ2n) is 7.64. The first-order chi connectivity index (χ1) is 15.7. The van der Waals surface area contributed by atoms with E-state index in [1.54, 1.807) is 19.5 Å². The van der Waals surface area contributed by atoms with Crippen molar-refractivity contribution < 1.29 is 4.74 Å². The zero-order valence-corrected chi connectivity index (χ0v) is 17.5. The van der Waals surface area contributed by atoms with Gasteiger partial charge in [0.2, 0.25) is 0 Å². The molecule has 2 N–H and O–H groups in total. The molecule has 0 atom stereocenters. The maximum Gasteiger partial charge on any atom is 0.139 e. The number of hydrogen-bond donors (Lipinski definition) is 2. The van der Waals surface area contributed by atoms with Gasteiger partial charge in [-0.2, -0.15) is 5.10 Å². The van der Waals surface area contributed by atoms with Crippen molar-refractivity contribution in [3.05, 3.63) is 73.2 Å². The van der Waals surface area contributed by atoms with Crippen LogP contribution in [0.25, 0.3) is 50.1 Å². The Balaban J connectivity index is 1.49. The lowest BCUT2D eigenvalue weighted by Gasteiger charge is -2.04. The fraction of sp³-hybridized carbons (Fsp3) is 0.0833. The summed E-state index contributed by atoms with van der Waals surface area (Å²) in [6.07, 6.45) is 9.14. The highest BCUT2D eigenvalue weighted by Gasteiger charge is 2.15. The second-order valence-corrected chi connectivity index (χ2v) is 7.64. The maximum absolute atomic E-state index is 5.33. The highest BCUT2D eigenvalue weighted by atomic mass is 16.5. The van der Waals surface area contributed by atoms with Crippen molar-refractivity contribution in [2.45, 2.75) is 6.92 Å². The standard InChI is InChI=1S/C24H19N7O/c1-14-12-31(13-27-14)22-5-6-26-24-19(22)9-21(28-24)23-18-8-15(3-4-20(18)29-30-23)16-7-17(32-2)11-25-10-16/h3-13H,1-2H3,(H,26,28)(H,29,30). The Morgan fingerprint density at radius 2 is 1.91 bits per heavy atom. The molecule has 0 fully saturated rings. The molecule has 6 rings (SSSR count). The van der Waals surface area contributed by atoms with Crippen LogP contribution in [0.2, 0.25) is 0 Å². The lowest BCUT2D eigenvalue weighted by atomic mass is 10.0. The summed E-state index contributed by atoms with van der Waals surface area (Å²) in [6, 6.07) is 12.2. The lowest BCUT2D eigenvalue weighted by Crippen LogP contribution is -1.91. The van der Waals surface area contributed by atoms with Crippen LogP contribution in [0.1, 0.15) is 5.69 Å². The van der Waals surface area contributed by atoms with Gasteiger partial charge in [-0.15, -0.1) is 0 Å². The lowest BCUT2D eigenvalue weighted by molar-refractivity contribution is 0.413. The molecule has 0 amide bonds. The van der Waals surface area contributed by atoms with E-state index in [2.05, 4.69) is 42.3 Å². The van der Waals surface area contributed by atoms with Crippen LogP contribution in [0.15, 0.2) is 67.5 Å². The Kier molecular flexibility index (Phi) is 4.04. The average molecular weight is 421 g/mol. The van der Waals surface area contributed by atoms with E-state index < -0.39 is 0 Å². The van der Waals surface area contributed by atoms with Crippen LogP contribution in [0, 0.1) is 6.92 Å². The molecule has 5 aromatic heterocycles. The van der Waals surface area contributed by atoms with E-state index >= 15 is 0 Å². The van der Waals surface area contributed by atoms with Crippen LogP contribution in [0.3, 0.4) is 0 Å². The zero-order chi connectivity index (χ0) is 21.7. The third-order valence-electron chi connectivity index (χ3n) is 5.60. The molecule has 6 aromatic rings. The first kappa shape index (κ1) is 18.3. The minimum absolute atomic E-state index is 0.721. The summed E-state index contributed by atoms with van der Waals surface area (Å²) in [5.41, 5.74) is 7.48. The molecular weight excluding hydrogens is 402 g/mol. The highest BCUT2D eigenvalue weighted by molar-refractivity contribution is 5.98. The van der Waals surface area contributed by atoms with Crippen molar-refractivity contribution in [2.75, 3.05) is 7.11 Å². The number of pyridine rings is 2. The van der Waals surface area contributed by atoms with Gasteiger partial charge in [-0.05, 0) is 42.8 Å². The molecular formula is C24H19N7O. The number of aromatic amines is 2. The number of benzene rings is 1. The molecule has 0 aliphatic rings. The predicted octanol–water partition coefficient (Wildman–Crippen LogP) is 4.67. The van der Waals surface area contributed by atoms with Crippen LogP contribution < -0.4 is 4.74 Å². The molecule has 0 saturated carbocycles. The summed E-state index contributed by atoms with van der Waals surface area (Å²) in [5, 5.41) is 9.74. The Labute approximate surface area is 182 Å². The van der Waals surface area contributed by atoms with E-state index in [9.17, 15) is 0 Å². The quantitative estimate of drug-likeness (QED) is 0.431. The number of nitrogens with one attached hydrogen (secondary N) is 2. The number of rotatable bonds is 4. The van der Waals surface area contributed by atoms with Gasteiger partial charge in [0.15, 0.2) is 0 Å². The molecule has 0 spiro atoms. The number of fused-ring (bicyclic) bond motifs is 2. The fourth-order valence-electron chi connectivity index (χ4n) is 4.01. The van der Waals surface area contributed by atoms with Crippen LogP contribution in [0.5, 0.6) is 5.75 Å². The second kappa shape index (κ2) is 7.05. The summed E-state index contributed by atoms with van der Waals surface area (Å²) in [5.74, 6) is 0.721. The normalized spacial score (nSPS) is 11.4. The molecule has 32 heavy (non-hydrogen) atoms. The Morgan fingerprint density at radius 3 is 2.75 bits per heavy atom. The number of aromatic nitrogens is 7. The van der Waals surface area contributed by atoms with Crippen LogP contribution in [-0.4, -0.2) is 41.8 Å². The minimum atomic E-state index is 0.721. The number of aryl methyl sites for hydroxylation is 1. The van der Waals surface area contributed by atoms with Gasteiger partial charge in [0.25, 0.3) is 0 Å². The number of H-pyrrole nitrogens is 2. The van der Waals surface area contributed by atoms with Crippen molar-refractivity contribution in [3.63, 3.8) is 0 Å². The third kappa shape index (κ3) is 2.92. The molecule has 5 heterocycles. The number of imidazole rings is 1. The largest absolute Gasteiger partial charge is 0.495 e. The Hall–Kier alpha value is -4.46. The molecule has 0 radical (unpaired) electrons. The molecule has 0 aliphatic carbocycles. The van der Waals surface area contributed by atoms with E-state index in [4.69, 9.17) is 4.74 Å². The van der Waals surface area contributed by atoms with Gasteiger partial charge in [0, 0.05) is 34.9 Å². The summed E-state index contributed by atoms with van der Waals surface area (Å²) in [4.78, 5) is 16.6. The SMILES string of the molecule is COc1cncc(-c2ccc3[nH]nc(-c4cc5c(-n6cnc(C)c6)ccnc5[nH]4)c3c2)c1. The first-order valence-corrected chi connectivity index (χ1v) is 10.2. The fourth-order valence-corrected chi connectivity index (χ4v) is 4.01. The average Bonchev–Trinajstić information content (AvgIpc) is 3.55. The molecule has 0 saturated heterocycles. The molecule has 0 bridgehead atoms. The van der Waals surface area contributed by atoms with Gasteiger partial charge in [0.05, 0.1) is 42.2 Å². The summed E-state index contributed by atoms with van der Waals surface area (Å²) >= 11 is 0. The van der Waals surface area contributed by atoms with E-state index in [1.165, 1.54) is 0 Å². The minimum Gasteiger partial charge on any atom is -0.495 e. The smallest absolute Gasteiger partial charge is 0.139 e. The van der Waals surface area contributed by atoms with E-state index in [-0.39, 0.29) is 0 Å². The van der Waals surface area contributed by atoms with E-state index in [0.717, 1.165) is 61.6 Å². The molecule has 0 unspecified atom stereocenters. The summed E-state index contributed by atoms with van der Waals surface area (Å²) in [6.45, 7) is 1.97. The van der Waals surface area contributed by atoms with Gasteiger partial charge >= 0.3 is 0 Å². The number of ether oxygens (including phenoxy) is 1. The number of methoxy groups -OCH3 is 1. The first-order valence-electron chi connectivity index (χ1n) is 10.2. The van der Waals surface area contributed by atoms with Crippen molar-refractivity contribution in [1.82, 2.24) is 34.7 Å². The van der Waals surface area contributed by atoms with E-state index in [0.29, 0.717) is 0 Å². The monoisotopic (exact) mass is 421 g/mol. The van der Waals surface area contributed by atoms with Crippen molar-refractivity contribution in [1.29, 1.82) is 0 Å². The van der Waals surface area contributed by atoms with Crippen LogP contribution >= 0.6 is 0 Å². The van der Waals surface area contributed by atoms with Gasteiger partial charge in [-0.1, -0.05) is 6.07 Å². The van der Waals surface area contributed by atoms with Crippen molar-refractivity contribution in [2.24, 2.45) is 0 Å². The molecule has 156 valence electrons. The Bertz CT molecular complexity index is 1590. The third-order valence-corrected chi connectivity index (χ3v) is 5.60. The topological polar surface area (TPSA) is 97.3 Å².